The van der Waals surface area contributed by atoms with Gasteiger partial charge in [-0.25, -0.2) is 0 Å². The molecule has 0 spiro atoms. The van der Waals surface area contributed by atoms with Crippen LogP contribution in [0.25, 0.3) is 66.1 Å². The fraction of sp³-hybridized carbons (Fsp3) is 0. The van der Waals surface area contributed by atoms with Crippen molar-refractivity contribution in [1.82, 2.24) is 0 Å². The standard InChI is InChI=1S/C66H44N2O2Si/c1-4-16-45(17-5-1)47-28-32-50(33-29-47)67(51-34-30-48(31-35-51)46-18-6-2-7-19-46)52-36-41-66-60(42-52)68(49-20-8-3-9-21-49)59-24-12-15-27-65(59)71(66,53-37-39-57-55-22-10-13-25-61(55)69-63(57)43-53)54-38-40-58-56-23-11-14-26-62(56)70-64(58)44-54/h1-44H. The van der Waals surface area contributed by atoms with Gasteiger partial charge in [-0.3, -0.25) is 0 Å². The first-order chi connectivity index (χ1) is 35.2. The van der Waals surface area contributed by atoms with E-state index in [-0.39, 0.29) is 0 Å². The molecule has 0 bridgehead atoms. The molecule has 0 saturated carbocycles. The number of hydrogen-bond donors (Lipinski definition) is 0. The number of benzene rings is 11. The number of hydrogen-bond acceptors (Lipinski definition) is 4. The molecule has 0 N–H and O–H groups in total. The molecular formula is C66H44N2O2Si. The molecule has 14 rings (SSSR count). The van der Waals surface area contributed by atoms with Crippen molar-refractivity contribution in [2.24, 2.45) is 0 Å². The van der Waals surface area contributed by atoms with Gasteiger partial charge in [0.1, 0.15) is 22.3 Å². The number of rotatable bonds is 8. The summed E-state index contributed by atoms with van der Waals surface area (Å²) >= 11 is 0. The zero-order chi connectivity index (χ0) is 46.9. The summed E-state index contributed by atoms with van der Waals surface area (Å²) in [7, 11) is -3.27. The van der Waals surface area contributed by atoms with Crippen LogP contribution < -0.4 is 30.5 Å². The van der Waals surface area contributed by atoms with Crippen LogP contribution in [-0.2, 0) is 0 Å². The second kappa shape index (κ2) is 16.5. The Morgan fingerprint density at radius 2 is 0.718 bits per heavy atom. The van der Waals surface area contributed by atoms with Crippen molar-refractivity contribution in [3.8, 4) is 22.3 Å². The highest BCUT2D eigenvalue weighted by atomic mass is 28.3. The summed E-state index contributed by atoms with van der Waals surface area (Å²) in [4.78, 5) is 4.88. The van der Waals surface area contributed by atoms with Crippen molar-refractivity contribution in [1.29, 1.82) is 0 Å². The topological polar surface area (TPSA) is 32.8 Å². The van der Waals surface area contributed by atoms with Gasteiger partial charge in [0.05, 0.1) is 0 Å². The average molecular weight is 925 g/mol. The maximum absolute atomic E-state index is 6.75. The highest BCUT2D eigenvalue weighted by Gasteiger charge is 2.49. The zero-order valence-corrected chi connectivity index (χ0v) is 39.6. The molecule has 0 fully saturated rings. The van der Waals surface area contributed by atoms with E-state index < -0.39 is 8.07 Å². The molecule has 0 atom stereocenters. The number of furan rings is 2. The summed E-state index contributed by atoms with van der Waals surface area (Å²) in [6, 6.07) is 97.0. The first-order valence-corrected chi connectivity index (χ1v) is 26.2. The van der Waals surface area contributed by atoms with Crippen LogP contribution in [-0.4, -0.2) is 8.07 Å². The Morgan fingerprint density at radius 1 is 0.296 bits per heavy atom. The van der Waals surface area contributed by atoms with E-state index >= 15 is 0 Å². The summed E-state index contributed by atoms with van der Waals surface area (Å²) in [5.74, 6) is 0. The number of nitrogens with zero attached hydrogens (tertiary/aromatic N) is 2. The minimum absolute atomic E-state index is 0.880. The normalized spacial score (nSPS) is 12.9. The molecule has 0 amide bonds. The molecule has 71 heavy (non-hydrogen) atoms. The van der Waals surface area contributed by atoms with Crippen LogP contribution in [0.1, 0.15) is 0 Å². The second-order valence-corrected chi connectivity index (χ2v) is 22.2. The van der Waals surface area contributed by atoms with Crippen LogP contribution in [0.4, 0.5) is 34.1 Å². The smallest absolute Gasteiger partial charge is 0.184 e. The average Bonchev–Trinajstić information content (AvgIpc) is 4.01. The Balaban J connectivity index is 1.05. The maximum atomic E-state index is 6.75. The second-order valence-electron chi connectivity index (χ2n) is 18.4. The SMILES string of the molecule is c1ccc(-c2ccc(N(c3ccc(-c4ccccc4)cc3)c3ccc4c(c3)N(c3ccccc3)c3ccccc3[Si]4(c3ccc4c(c3)oc3ccccc34)c3ccc4c(c3)oc3ccccc34)cc2)cc1. The van der Waals surface area contributed by atoms with E-state index in [0.29, 0.717) is 0 Å². The summed E-state index contributed by atoms with van der Waals surface area (Å²) in [6.45, 7) is 0. The quantitative estimate of drug-likeness (QED) is 0.142. The van der Waals surface area contributed by atoms with E-state index in [1.54, 1.807) is 0 Å². The van der Waals surface area contributed by atoms with E-state index in [1.165, 1.54) is 43.0 Å². The molecule has 11 aromatic carbocycles. The molecule has 0 unspecified atom stereocenters. The highest BCUT2D eigenvalue weighted by Crippen LogP contribution is 2.44. The molecule has 0 radical (unpaired) electrons. The molecular weight excluding hydrogens is 881 g/mol. The van der Waals surface area contributed by atoms with Crippen LogP contribution in [0.5, 0.6) is 0 Å². The monoisotopic (exact) mass is 924 g/mol. The third kappa shape index (κ3) is 6.58. The Hall–Kier alpha value is -9.16. The predicted molar refractivity (Wildman–Crippen MR) is 298 cm³/mol. The Kier molecular flexibility index (Phi) is 9.51. The summed E-state index contributed by atoms with van der Waals surface area (Å²) in [6.07, 6.45) is 0. The molecule has 4 nitrogen and oxygen atoms in total. The van der Waals surface area contributed by atoms with Crippen molar-refractivity contribution in [3.05, 3.63) is 267 Å². The molecule has 1 aliphatic rings. The maximum Gasteiger partial charge on any atom is 0.184 e. The molecule has 2 aromatic heterocycles. The van der Waals surface area contributed by atoms with Crippen LogP contribution in [0.2, 0.25) is 0 Å². The van der Waals surface area contributed by atoms with Crippen molar-refractivity contribution in [2.75, 3.05) is 9.80 Å². The number of anilines is 6. The summed E-state index contributed by atoms with van der Waals surface area (Å²) < 4.78 is 13.5. The number of fused-ring (bicyclic) bond motifs is 8. The lowest BCUT2D eigenvalue weighted by molar-refractivity contribution is 0.669. The third-order valence-electron chi connectivity index (χ3n) is 14.5. The Morgan fingerprint density at radius 3 is 1.27 bits per heavy atom. The van der Waals surface area contributed by atoms with Gasteiger partial charge in [0, 0.05) is 55.7 Å². The van der Waals surface area contributed by atoms with E-state index in [0.717, 1.165) is 78.0 Å². The lowest BCUT2D eigenvalue weighted by Crippen LogP contribution is -2.77. The highest BCUT2D eigenvalue weighted by molar-refractivity contribution is 7.21. The van der Waals surface area contributed by atoms with Crippen molar-refractivity contribution in [3.63, 3.8) is 0 Å². The van der Waals surface area contributed by atoms with Crippen molar-refractivity contribution < 1.29 is 8.83 Å². The molecule has 1 aliphatic heterocycles. The third-order valence-corrected chi connectivity index (χ3v) is 19.4. The first kappa shape index (κ1) is 40.9. The van der Waals surface area contributed by atoms with Gasteiger partial charge in [-0.2, -0.15) is 0 Å². The Bertz CT molecular complexity index is 3910. The van der Waals surface area contributed by atoms with Gasteiger partial charge in [0.25, 0.3) is 0 Å². The lowest BCUT2D eigenvalue weighted by atomic mass is 10.0. The number of para-hydroxylation sites is 4. The van der Waals surface area contributed by atoms with E-state index in [2.05, 4.69) is 265 Å². The van der Waals surface area contributed by atoms with Crippen molar-refractivity contribution >= 4 is 107 Å². The Labute approximate surface area is 412 Å². The van der Waals surface area contributed by atoms with Crippen LogP contribution in [0.15, 0.2) is 276 Å². The van der Waals surface area contributed by atoms with Gasteiger partial charge in [0.2, 0.25) is 0 Å². The lowest BCUT2D eigenvalue weighted by Gasteiger charge is -2.45. The van der Waals surface area contributed by atoms with Gasteiger partial charge < -0.3 is 18.6 Å². The van der Waals surface area contributed by atoms with Gasteiger partial charge in [0.15, 0.2) is 8.07 Å². The predicted octanol–water partition coefficient (Wildman–Crippen LogP) is 15.4. The van der Waals surface area contributed by atoms with E-state index in [1.807, 2.05) is 12.1 Å². The molecule has 5 heteroatoms. The molecule has 334 valence electrons. The van der Waals surface area contributed by atoms with Crippen LogP contribution >= 0.6 is 0 Å². The van der Waals surface area contributed by atoms with E-state index in [4.69, 9.17) is 8.83 Å². The van der Waals surface area contributed by atoms with Gasteiger partial charge >= 0.3 is 0 Å². The van der Waals surface area contributed by atoms with Crippen molar-refractivity contribution in [2.45, 2.75) is 0 Å². The minimum atomic E-state index is -3.27. The van der Waals surface area contributed by atoms with E-state index in [9.17, 15) is 0 Å². The first-order valence-electron chi connectivity index (χ1n) is 24.2. The fourth-order valence-electron chi connectivity index (χ4n) is 11.3. The fourth-order valence-corrected chi connectivity index (χ4v) is 16.4. The van der Waals surface area contributed by atoms with Gasteiger partial charge in [-0.15, -0.1) is 0 Å². The zero-order valence-electron chi connectivity index (χ0n) is 38.6. The molecule has 13 aromatic rings. The van der Waals surface area contributed by atoms with Gasteiger partial charge in [-0.1, -0.05) is 188 Å². The van der Waals surface area contributed by atoms with Crippen LogP contribution in [0, 0.1) is 0 Å². The molecule has 3 heterocycles. The molecule has 0 aliphatic carbocycles. The largest absolute Gasteiger partial charge is 0.456 e. The summed E-state index contributed by atoms with van der Waals surface area (Å²) in [5.41, 5.74) is 14.8. The van der Waals surface area contributed by atoms with Crippen LogP contribution in [0.3, 0.4) is 0 Å². The summed E-state index contributed by atoms with van der Waals surface area (Å²) in [5, 5.41) is 9.49. The minimum Gasteiger partial charge on any atom is -0.456 e. The van der Waals surface area contributed by atoms with Gasteiger partial charge in [-0.05, 0) is 122 Å². The molecule has 0 saturated heterocycles.